The zero-order valence-electron chi connectivity index (χ0n) is 17.4. The number of primary amides is 1. The van der Waals surface area contributed by atoms with Crippen molar-refractivity contribution in [2.45, 2.75) is 18.0 Å². The quantitative estimate of drug-likeness (QED) is 0.629. The number of carbonyl (C=O) groups excluding carboxylic acids is 2. The number of carbonyl (C=O) groups is 2. The summed E-state index contributed by atoms with van der Waals surface area (Å²) >= 11 is 0. The molecule has 33 heavy (non-hydrogen) atoms. The van der Waals surface area contributed by atoms with Gasteiger partial charge in [-0.15, -0.1) is 0 Å². The van der Waals surface area contributed by atoms with Crippen molar-refractivity contribution in [3.8, 4) is 6.07 Å². The van der Waals surface area contributed by atoms with E-state index in [4.69, 9.17) is 5.73 Å². The minimum atomic E-state index is -1.75. The molecule has 1 amide bonds. The number of aromatic nitrogens is 1. The van der Waals surface area contributed by atoms with Gasteiger partial charge in [-0.05, 0) is 29.8 Å². The summed E-state index contributed by atoms with van der Waals surface area (Å²) in [6, 6.07) is 16.8. The summed E-state index contributed by atoms with van der Waals surface area (Å²) in [5, 5.41) is 10.4. The standard InChI is InChI=1S/C26H19FN4O2/c27-19-9-10-20-17(13-19)8-11-21-26(15-28,25(29)33)22(18-7-4-12-30-14-18)23(31(20)21)24(32)16-5-2-1-3-6-16/h1-14,21-23H,(H2,29,33)/t21-,22+,23-,26+/m0/s1. The molecule has 5 rings (SSSR count). The zero-order valence-corrected chi connectivity index (χ0v) is 17.4. The highest BCUT2D eigenvalue weighted by Gasteiger charge is 2.65. The molecular formula is C26H19FN4O2. The van der Waals surface area contributed by atoms with E-state index in [0.717, 1.165) is 0 Å². The summed E-state index contributed by atoms with van der Waals surface area (Å²) in [6.07, 6.45) is 6.47. The number of fused-ring (bicyclic) bond motifs is 3. The van der Waals surface area contributed by atoms with Crippen LogP contribution >= 0.6 is 0 Å². The topological polar surface area (TPSA) is 100 Å². The lowest BCUT2D eigenvalue weighted by Crippen LogP contribution is -2.49. The molecule has 1 aromatic heterocycles. The predicted molar refractivity (Wildman–Crippen MR) is 120 cm³/mol. The third kappa shape index (κ3) is 2.95. The van der Waals surface area contributed by atoms with Gasteiger partial charge in [-0.1, -0.05) is 48.6 Å². The SMILES string of the molecule is N#C[C@]1(C(N)=O)[C@H](c2cccnc2)[C@@H](C(=O)c2ccccc2)N2c3ccc(F)cc3C=C[C@H]21. The molecule has 0 unspecified atom stereocenters. The van der Waals surface area contributed by atoms with Crippen LogP contribution in [0.5, 0.6) is 0 Å². The van der Waals surface area contributed by atoms with Crippen LogP contribution in [0.2, 0.25) is 0 Å². The number of hydrogen-bond acceptors (Lipinski definition) is 5. The first-order valence-corrected chi connectivity index (χ1v) is 10.5. The van der Waals surface area contributed by atoms with Crippen LogP contribution in [0.15, 0.2) is 79.1 Å². The van der Waals surface area contributed by atoms with E-state index in [-0.39, 0.29) is 5.78 Å². The highest BCUT2D eigenvalue weighted by atomic mass is 19.1. The van der Waals surface area contributed by atoms with Gasteiger partial charge in [0.15, 0.2) is 11.2 Å². The fraction of sp³-hybridized carbons (Fsp3) is 0.154. The van der Waals surface area contributed by atoms with Gasteiger partial charge in [0.1, 0.15) is 11.9 Å². The van der Waals surface area contributed by atoms with Gasteiger partial charge in [0.05, 0.1) is 12.1 Å². The number of benzene rings is 2. The lowest BCUT2D eigenvalue weighted by Gasteiger charge is -2.36. The number of Topliss-reactive ketones (excluding diaryl/α,β-unsaturated/α-hetero) is 1. The summed E-state index contributed by atoms with van der Waals surface area (Å²) in [5.41, 5.74) is 6.27. The molecule has 2 aromatic carbocycles. The molecule has 0 spiro atoms. The monoisotopic (exact) mass is 438 g/mol. The molecule has 2 N–H and O–H groups in total. The van der Waals surface area contributed by atoms with Crippen LogP contribution in [0.1, 0.15) is 27.4 Å². The Morgan fingerprint density at radius 1 is 1.12 bits per heavy atom. The van der Waals surface area contributed by atoms with Crippen LogP contribution in [0.4, 0.5) is 10.1 Å². The Morgan fingerprint density at radius 2 is 1.91 bits per heavy atom. The molecule has 162 valence electrons. The second-order valence-electron chi connectivity index (χ2n) is 8.20. The van der Waals surface area contributed by atoms with Crippen molar-refractivity contribution < 1.29 is 14.0 Å². The molecule has 3 aromatic rings. The Kier molecular flexibility index (Phi) is 4.79. The Hall–Kier alpha value is -4.31. The van der Waals surface area contributed by atoms with Crippen molar-refractivity contribution in [1.29, 1.82) is 5.26 Å². The summed E-state index contributed by atoms with van der Waals surface area (Å²) in [6.45, 7) is 0. The molecule has 1 saturated heterocycles. The second kappa shape index (κ2) is 7.68. The van der Waals surface area contributed by atoms with Crippen molar-refractivity contribution in [3.63, 3.8) is 0 Å². The Morgan fingerprint density at radius 3 is 2.58 bits per heavy atom. The van der Waals surface area contributed by atoms with Crippen LogP contribution in [-0.4, -0.2) is 28.8 Å². The molecule has 2 aliphatic rings. The van der Waals surface area contributed by atoms with Gasteiger partial charge in [0, 0.05) is 35.1 Å². The molecule has 4 atom stereocenters. The highest BCUT2D eigenvalue weighted by Crippen LogP contribution is 2.55. The number of pyridine rings is 1. The van der Waals surface area contributed by atoms with Crippen LogP contribution < -0.4 is 10.6 Å². The second-order valence-corrected chi connectivity index (χ2v) is 8.20. The number of nitriles is 1. The van der Waals surface area contributed by atoms with Gasteiger partial charge in [-0.3, -0.25) is 14.6 Å². The first-order valence-electron chi connectivity index (χ1n) is 10.5. The molecule has 1 fully saturated rings. The average Bonchev–Trinajstić information content (AvgIpc) is 3.16. The number of nitrogens with two attached hydrogens (primary N) is 1. The average molecular weight is 438 g/mol. The van der Waals surface area contributed by atoms with Crippen molar-refractivity contribution in [1.82, 2.24) is 4.98 Å². The lowest BCUT2D eigenvalue weighted by atomic mass is 9.68. The van der Waals surface area contributed by atoms with Crippen molar-refractivity contribution in [3.05, 3.63) is 102 Å². The maximum Gasteiger partial charge on any atom is 0.241 e. The number of ketones is 1. The first kappa shape index (κ1) is 20.6. The van der Waals surface area contributed by atoms with Crippen molar-refractivity contribution in [2.75, 3.05) is 4.90 Å². The lowest BCUT2D eigenvalue weighted by molar-refractivity contribution is -0.125. The first-order chi connectivity index (χ1) is 16.0. The van der Waals surface area contributed by atoms with E-state index in [2.05, 4.69) is 11.1 Å². The normalized spacial score (nSPS) is 25.1. The Bertz CT molecular complexity index is 1320. The Labute approximate surface area is 189 Å². The molecule has 3 heterocycles. The van der Waals surface area contributed by atoms with Crippen LogP contribution in [0.25, 0.3) is 6.08 Å². The molecule has 6 nitrogen and oxygen atoms in total. The number of halogens is 1. The summed E-state index contributed by atoms with van der Waals surface area (Å²) < 4.78 is 14.0. The number of anilines is 1. The third-order valence-corrected chi connectivity index (χ3v) is 6.56. The van der Waals surface area contributed by atoms with Gasteiger partial charge in [0.2, 0.25) is 5.91 Å². The number of nitrogens with zero attached hydrogens (tertiary/aromatic N) is 3. The molecule has 0 bridgehead atoms. The highest BCUT2D eigenvalue weighted by molar-refractivity contribution is 6.06. The predicted octanol–water partition coefficient (Wildman–Crippen LogP) is 3.47. The van der Waals surface area contributed by atoms with Crippen molar-refractivity contribution >= 4 is 23.5 Å². The van der Waals surface area contributed by atoms with Gasteiger partial charge in [-0.25, -0.2) is 4.39 Å². The minimum Gasteiger partial charge on any atom is -0.368 e. The van der Waals surface area contributed by atoms with Gasteiger partial charge in [-0.2, -0.15) is 5.26 Å². The fourth-order valence-corrected chi connectivity index (χ4v) is 5.16. The van der Waals surface area contributed by atoms with Gasteiger partial charge < -0.3 is 10.6 Å². The Balaban J connectivity index is 1.81. The summed E-state index contributed by atoms with van der Waals surface area (Å²) in [4.78, 5) is 32.9. The molecule has 0 radical (unpaired) electrons. The maximum atomic E-state index is 14.0. The van der Waals surface area contributed by atoms with Gasteiger partial charge >= 0.3 is 0 Å². The van der Waals surface area contributed by atoms with E-state index in [1.807, 2.05) is 0 Å². The van der Waals surface area contributed by atoms with E-state index in [1.165, 1.54) is 12.1 Å². The third-order valence-electron chi connectivity index (χ3n) is 6.56. The van der Waals surface area contributed by atoms with E-state index in [9.17, 15) is 19.2 Å². The number of hydrogen-bond donors (Lipinski definition) is 1. The molecule has 2 aliphatic heterocycles. The van der Waals surface area contributed by atoms with Crippen LogP contribution in [0.3, 0.4) is 0 Å². The molecule has 0 aliphatic carbocycles. The number of rotatable bonds is 4. The van der Waals surface area contributed by atoms with Crippen LogP contribution in [0, 0.1) is 22.6 Å². The molecular weight excluding hydrogens is 419 g/mol. The van der Waals surface area contributed by atoms with Gasteiger partial charge in [0.25, 0.3) is 0 Å². The smallest absolute Gasteiger partial charge is 0.241 e. The summed E-state index contributed by atoms with van der Waals surface area (Å²) in [5.74, 6) is -2.41. The summed E-state index contributed by atoms with van der Waals surface area (Å²) in [7, 11) is 0. The minimum absolute atomic E-state index is 0.265. The fourth-order valence-electron chi connectivity index (χ4n) is 5.16. The van der Waals surface area contributed by atoms with E-state index < -0.39 is 35.1 Å². The van der Waals surface area contributed by atoms with E-state index in [1.54, 1.807) is 78.0 Å². The maximum absolute atomic E-state index is 14.0. The number of amides is 1. The molecule has 7 heteroatoms. The van der Waals surface area contributed by atoms with Crippen LogP contribution in [-0.2, 0) is 4.79 Å². The van der Waals surface area contributed by atoms with E-state index in [0.29, 0.717) is 22.4 Å². The largest absolute Gasteiger partial charge is 0.368 e. The molecule has 0 saturated carbocycles. The van der Waals surface area contributed by atoms with Crippen molar-refractivity contribution in [2.24, 2.45) is 11.1 Å². The van der Waals surface area contributed by atoms with E-state index >= 15 is 0 Å². The zero-order chi connectivity index (χ0) is 23.2.